The Morgan fingerprint density at radius 1 is 1.13 bits per heavy atom. The van der Waals surface area contributed by atoms with E-state index in [0.717, 1.165) is 12.1 Å². The molecule has 10 nitrogen and oxygen atoms in total. The van der Waals surface area contributed by atoms with E-state index < -0.39 is 40.6 Å². The number of ether oxygens (including phenoxy) is 1. The number of hydrogen-bond acceptors (Lipinski definition) is 7. The number of halogens is 5. The third-order valence-electron chi connectivity index (χ3n) is 7.39. The van der Waals surface area contributed by atoms with Gasteiger partial charge in [0.05, 0.1) is 17.0 Å². The first kappa shape index (κ1) is 32.8. The predicted octanol–water partition coefficient (Wildman–Crippen LogP) is 4.45. The average Bonchev–Trinajstić information content (AvgIpc) is 3.52. The molecule has 4 rings (SSSR count). The molecule has 2 heterocycles. The van der Waals surface area contributed by atoms with Crippen molar-refractivity contribution in [3.8, 4) is 11.5 Å². The summed E-state index contributed by atoms with van der Waals surface area (Å²) in [7, 11) is 2.90. The van der Waals surface area contributed by atoms with Crippen LogP contribution in [0, 0.1) is 35.0 Å². The second kappa shape index (κ2) is 14.1. The van der Waals surface area contributed by atoms with Gasteiger partial charge in [-0.15, -0.1) is 0 Å². The Balaban J connectivity index is 1.55. The van der Waals surface area contributed by atoms with Crippen LogP contribution in [0.25, 0.3) is 0 Å². The van der Waals surface area contributed by atoms with Crippen molar-refractivity contribution >= 4 is 23.5 Å². The highest BCUT2D eigenvalue weighted by molar-refractivity contribution is 6.16. The number of anilines is 1. The van der Waals surface area contributed by atoms with Gasteiger partial charge >= 0.3 is 6.03 Å². The van der Waals surface area contributed by atoms with Crippen molar-refractivity contribution < 1.29 is 36.3 Å². The van der Waals surface area contributed by atoms with Gasteiger partial charge in [-0.1, -0.05) is 13.0 Å². The molecule has 0 aliphatic carbocycles. The van der Waals surface area contributed by atoms with Gasteiger partial charge in [-0.3, -0.25) is 9.79 Å². The maximum atomic E-state index is 15.5. The number of amides is 3. The van der Waals surface area contributed by atoms with Crippen LogP contribution in [0.5, 0.6) is 11.5 Å². The van der Waals surface area contributed by atoms with E-state index in [9.17, 15) is 27.2 Å². The van der Waals surface area contributed by atoms with Crippen LogP contribution in [0.15, 0.2) is 47.7 Å². The first-order valence-corrected chi connectivity index (χ1v) is 13.8. The standard InChI is InChI=1S/C30H30F5N7O3/c1-15(16-8-10-42(13-16)30(44)39-9-4-5-22(43)37-2)26-23(29(36)41-14-40-26)27(38-3)18-7-6-17(11-19(18)31)45-28-24(34)20(32)12-21(33)25(28)35/h4-7,11-12,14-16H,8-10,13H2,1-3H3,(H,37,43)(H,39,44)(H2,36,40,41)/b5-4+,38-27?. The molecule has 1 aliphatic rings. The van der Waals surface area contributed by atoms with Gasteiger partial charge in [0.25, 0.3) is 0 Å². The van der Waals surface area contributed by atoms with Gasteiger partial charge in [0.15, 0.2) is 11.6 Å². The Morgan fingerprint density at radius 2 is 1.84 bits per heavy atom. The number of nitrogens with one attached hydrogen (secondary N) is 2. The molecule has 238 valence electrons. The number of rotatable bonds is 9. The van der Waals surface area contributed by atoms with Crippen molar-refractivity contribution in [2.45, 2.75) is 19.3 Å². The molecule has 45 heavy (non-hydrogen) atoms. The minimum atomic E-state index is -1.78. The number of carbonyl (C=O) groups excluding carboxylic acids is 2. The molecule has 0 radical (unpaired) electrons. The second-order valence-corrected chi connectivity index (χ2v) is 10.1. The van der Waals surface area contributed by atoms with E-state index >= 15 is 4.39 Å². The van der Waals surface area contributed by atoms with Gasteiger partial charge in [0.2, 0.25) is 23.3 Å². The molecule has 1 saturated heterocycles. The number of aromatic nitrogens is 2. The lowest BCUT2D eigenvalue weighted by atomic mass is 9.86. The van der Waals surface area contributed by atoms with Crippen LogP contribution in [0.2, 0.25) is 0 Å². The van der Waals surface area contributed by atoms with E-state index in [1.807, 2.05) is 6.92 Å². The Kier molecular flexibility index (Phi) is 10.3. The summed E-state index contributed by atoms with van der Waals surface area (Å²) >= 11 is 0. The summed E-state index contributed by atoms with van der Waals surface area (Å²) in [6, 6.07) is 2.87. The van der Waals surface area contributed by atoms with E-state index in [1.165, 1.54) is 38.6 Å². The summed E-state index contributed by atoms with van der Waals surface area (Å²) in [5.74, 6) is -10.3. The van der Waals surface area contributed by atoms with Crippen LogP contribution in [0.4, 0.5) is 32.6 Å². The second-order valence-electron chi connectivity index (χ2n) is 10.1. The maximum Gasteiger partial charge on any atom is 0.317 e. The normalized spacial score (nSPS) is 15.8. The molecule has 2 atom stereocenters. The largest absolute Gasteiger partial charge is 0.451 e. The molecule has 1 fully saturated rings. The van der Waals surface area contributed by atoms with Gasteiger partial charge in [-0.25, -0.2) is 27.9 Å². The lowest BCUT2D eigenvalue weighted by Gasteiger charge is -2.23. The zero-order chi connectivity index (χ0) is 32.8. The predicted molar refractivity (Wildman–Crippen MR) is 155 cm³/mol. The van der Waals surface area contributed by atoms with E-state index in [1.54, 1.807) is 4.90 Å². The molecule has 1 aromatic heterocycles. The smallest absolute Gasteiger partial charge is 0.317 e. The fourth-order valence-electron chi connectivity index (χ4n) is 4.99. The molecule has 0 bridgehead atoms. The molecule has 2 unspecified atom stereocenters. The third-order valence-corrected chi connectivity index (χ3v) is 7.39. The minimum Gasteiger partial charge on any atom is -0.451 e. The van der Waals surface area contributed by atoms with Crippen LogP contribution in [0.3, 0.4) is 0 Å². The molecular formula is C30H30F5N7O3. The Bertz CT molecular complexity index is 1640. The van der Waals surface area contributed by atoms with Gasteiger partial charge in [0, 0.05) is 63.4 Å². The fraction of sp³-hybridized carbons (Fsp3) is 0.300. The summed E-state index contributed by atoms with van der Waals surface area (Å²) in [6.45, 7) is 2.93. The number of aliphatic imine (C=N–C) groups is 1. The minimum absolute atomic E-state index is 0.0158. The number of nitrogens with zero attached hydrogens (tertiary/aromatic N) is 4. The molecule has 0 spiro atoms. The van der Waals surface area contributed by atoms with Crippen molar-refractivity contribution in [1.29, 1.82) is 0 Å². The maximum absolute atomic E-state index is 15.5. The Labute approximate surface area is 255 Å². The van der Waals surface area contributed by atoms with Crippen LogP contribution >= 0.6 is 0 Å². The van der Waals surface area contributed by atoms with Crippen molar-refractivity contribution in [3.63, 3.8) is 0 Å². The number of nitrogen functional groups attached to an aromatic ring is 1. The number of likely N-dealkylation sites (N-methyl/N-ethyl adjacent to an activating group) is 1. The third kappa shape index (κ3) is 7.19. The van der Waals surface area contributed by atoms with E-state index in [2.05, 4.69) is 25.6 Å². The van der Waals surface area contributed by atoms with Crippen LogP contribution < -0.4 is 21.1 Å². The van der Waals surface area contributed by atoms with E-state index in [0.29, 0.717) is 25.2 Å². The van der Waals surface area contributed by atoms with E-state index in [-0.39, 0.29) is 59.0 Å². The number of carbonyl (C=O) groups is 2. The monoisotopic (exact) mass is 631 g/mol. The molecular weight excluding hydrogens is 601 g/mol. The van der Waals surface area contributed by atoms with Gasteiger partial charge in [-0.05, 0) is 24.5 Å². The van der Waals surface area contributed by atoms with Crippen molar-refractivity contribution in [3.05, 3.63) is 88.7 Å². The molecule has 15 heteroatoms. The molecule has 2 aromatic carbocycles. The Hall–Kier alpha value is -5.08. The quantitative estimate of drug-likeness (QED) is 0.138. The summed E-state index contributed by atoms with van der Waals surface area (Å²) in [6.07, 6.45) is 4.76. The number of urea groups is 1. The van der Waals surface area contributed by atoms with Gasteiger partial charge in [0.1, 0.15) is 23.7 Å². The van der Waals surface area contributed by atoms with Crippen molar-refractivity contribution in [2.24, 2.45) is 10.9 Å². The fourth-order valence-corrected chi connectivity index (χ4v) is 4.99. The van der Waals surface area contributed by atoms with E-state index in [4.69, 9.17) is 10.5 Å². The zero-order valence-corrected chi connectivity index (χ0v) is 24.5. The van der Waals surface area contributed by atoms with Crippen LogP contribution in [-0.2, 0) is 4.79 Å². The topological polar surface area (TPSA) is 135 Å². The summed E-state index contributed by atoms with van der Waals surface area (Å²) in [4.78, 5) is 38.3. The summed E-state index contributed by atoms with van der Waals surface area (Å²) in [5, 5.41) is 5.18. The number of likely N-dealkylation sites (tertiary alicyclic amines) is 1. The summed E-state index contributed by atoms with van der Waals surface area (Å²) < 4.78 is 75.8. The zero-order valence-electron chi connectivity index (χ0n) is 24.5. The van der Waals surface area contributed by atoms with Crippen LogP contribution in [-0.4, -0.2) is 66.2 Å². The highest BCUT2D eigenvalue weighted by atomic mass is 19.2. The highest BCUT2D eigenvalue weighted by Crippen LogP contribution is 2.36. The first-order valence-electron chi connectivity index (χ1n) is 13.8. The molecule has 1 aliphatic heterocycles. The number of nitrogens with two attached hydrogens (primary N) is 1. The number of benzene rings is 2. The molecule has 4 N–H and O–H groups in total. The summed E-state index contributed by atoms with van der Waals surface area (Å²) in [5.41, 5.74) is 6.96. The first-order chi connectivity index (χ1) is 21.5. The van der Waals surface area contributed by atoms with Crippen LogP contribution in [0.1, 0.15) is 36.1 Å². The Morgan fingerprint density at radius 3 is 2.49 bits per heavy atom. The molecule has 3 aromatic rings. The van der Waals surface area contributed by atoms with Gasteiger partial charge < -0.3 is 26.0 Å². The lowest BCUT2D eigenvalue weighted by Crippen LogP contribution is -2.38. The lowest BCUT2D eigenvalue weighted by molar-refractivity contribution is -0.116. The van der Waals surface area contributed by atoms with Crippen molar-refractivity contribution in [2.75, 3.05) is 39.5 Å². The molecule has 3 amide bonds. The SMILES string of the molecule is CN=C(c1ccc(Oc2c(F)c(F)cc(F)c2F)cc1F)c1c(N)ncnc1C(C)C1CCN(C(=O)NC/C=C/C(=O)NC)C1. The average molecular weight is 632 g/mol. The van der Waals surface area contributed by atoms with Crippen molar-refractivity contribution in [1.82, 2.24) is 25.5 Å². The van der Waals surface area contributed by atoms with Gasteiger partial charge in [-0.2, -0.15) is 8.78 Å². The molecule has 0 saturated carbocycles. The number of hydrogen-bond donors (Lipinski definition) is 3. The highest BCUT2D eigenvalue weighted by Gasteiger charge is 2.34.